The fraction of sp³-hybridized carbons (Fsp3) is 0.500. The van der Waals surface area contributed by atoms with Crippen LogP contribution in [0.15, 0.2) is 36.4 Å². The first-order chi connectivity index (χ1) is 19.5. The van der Waals surface area contributed by atoms with Gasteiger partial charge < -0.3 is 25.8 Å². The molecular weight excluding hydrogens is 553 g/mol. The first-order valence-electron chi connectivity index (χ1n) is 13.7. The van der Waals surface area contributed by atoms with Crippen molar-refractivity contribution in [3.05, 3.63) is 64.2 Å². The van der Waals surface area contributed by atoms with Crippen LogP contribution in [0.5, 0.6) is 0 Å². The lowest BCUT2D eigenvalue weighted by Crippen LogP contribution is -2.51. The highest BCUT2D eigenvalue weighted by molar-refractivity contribution is 6.04. The molecule has 0 unspecified atom stereocenters. The van der Waals surface area contributed by atoms with Gasteiger partial charge in [-0.2, -0.15) is 13.2 Å². The monoisotopic (exact) mass is 594 g/mol. The van der Waals surface area contributed by atoms with Crippen LogP contribution in [0.2, 0.25) is 0 Å². The molecule has 2 aromatic rings. The van der Waals surface area contributed by atoms with Gasteiger partial charge in [0.05, 0.1) is 35.5 Å². The minimum Gasteiger partial charge on any atom is -0.444 e. The van der Waals surface area contributed by atoms with Crippen molar-refractivity contribution in [2.45, 2.75) is 84.9 Å². The second-order valence-electron chi connectivity index (χ2n) is 11.2. The van der Waals surface area contributed by atoms with Crippen molar-refractivity contribution in [2.24, 2.45) is 0 Å². The summed E-state index contributed by atoms with van der Waals surface area (Å²) in [6.45, 7) is 10.9. The Labute approximate surface area is 244 Å². The number of aliphatic hydroxyl groups is 1. The summed E-state index contributed by atoms with van der Waals surface area (Å²) >= 11 is 0. The number of aryl methyl sites for hydroxylation is 2. The van der Waals surface area contributed by atoms with Gasteiger partial charge in [-0.15, -0.1) is 0 Å². The largest absolute Gasteiger partial charge is 0.444 e. The normalized spacial score (nSPS) is 13.2. The third-order valence-corrected chi connectivity index (χ3v) is 6.21. The molecule has 0 aliphatic carbocycles. The molecule has 2 atom stereocenters. The quantitative estimate of drug-likeness (QED) is 0.239. The van der Waals surface area contributed by atoms with Gasteiger partial charge in [0.15, 0.2) is 0 Å². The number of carbonyl (C=O) groups is 3. The van der Waals surface area contributed by atoms with Gasteiger partial charge in [-0.3, -0.25) is 14.9 Å². The SMILES string of the molecule is CCC[C@H](O)[C@H](CNCc1ccc(C)cc1C)NC(=O)CNC(=O)c1cc(C(F)(F)F)ccc1NC(=O)OC(C)(C)C. The maximum Gasteiger partial charge on any atom is 0.416 e. The fourth-order valence-electron chi connectivity index (χ4n) is 4.13. The van der Waals surface area contributed by atoms with Crippen molar-refractivity contribution in [1.82, 2.24) is 16.0 Å². The average molecular weight is 595 g/mol. The Morgan fingerprint density at radius 1 is 1.02 bits per heavy atom. The van der Waals surface area contributed by atoms with Crippen LogP contribution >= 0.6 is 0 Å². The molecule has 0 bridgehead atoms. The summed E-state index contributed by atoms with van der Waals surface area (Å²) in [4.78, 5) is 37.9. The van der Waals surface area contributed by atoms with Crippen molar-refractivity contribution in [1.29, 1.82) is 0 Å². The van der Waals surface area contributed by atoms with Crippen LogP contribution in [0.3, 0.4) is 0 Å². The number of aliphatic hydroxyl groups excluding tert-OH is 1. The molecule has 0 saturated carbocycles. The van der Waals surface area contributed by atoms with Crippen LogP contribution in [0, 0.1) is 13.8 Å². The highest BCUT2D eigenvalue weighted by Crippen LogP contribution is 2.32. The molecule has 0 aromatic heterocycles. The smallest absolute Gasteiger partial charge is 0.416 e. The number of benzene rings is 2. The molecule has 12 heteroatoms. The molecule has 0 aliphatic heterocycles. The summed E-state index contributed by atoms with van der Waals surface area (Å²) in [5.41, 5.74) is 0.602. The van der Waals surface area contributed by atoms with Gasteiger partial charge in [0.1, 0.15) is 5.60 Å². The molecule has 0 saturated heterocycles. The van der Waals surface area contributed by atoms with E-state index in [-0.39, 0.29) is 12.2 Å². The van der Waals surface area contributed by atoms with E-state index in [9.17, 15) is 32.7 Å². The Kier molecular flexibility index (Phi) is 12.4. The summed E-state index contributed by atoms with van der Waals surface area (Å²) in [6, 6.07) is 7.63. The molecule has 9 nitrogen and oxygen atoms in total. The summed E-state index contributed by atoms with van der Waals surface area (Å²) in [7, 11) is 0. The molecular formula is C30H41F3N4O5. The number of hydrogen-bond donors (Lipinski definition) is 5. The second-order valence-corrected chi connectivity index (χ2v) is 11.2. The highest BCUT2D eigenvalue weighted by atomic mass is 19.4. The van der Waals surface area contributed by atoms with E-state index in [2.05, 4.69) is 27.3 Å². The first-order valence-corrected chi connectivity index (χ1v) is 13.7. The minimum absolute atomic E-state index is 0.220. The summed E-state index contributed by atoms with van der Waals surface area (Å²) in [5, 5.41) is 21.1. The zero-order valence-electron chi connectivity index (χ0n) is 24.9. The zero-order chi connectivity index (χ0) is 31.7. The predicted octanol–water partition coefficient (Wildman–Crippen LogP) is 4.83. The minimum atomic E-state index is -4.75. The molecule has 42 heavy (non-hydrogen) atoms. The topological polar surface area (TPSA) is 129 Å². The zero-order valence-corrected chi connectivity index (χ0v) is 24.9. The number of rotatable bonds is 12. The van der Waals surface area contributed by atoms with Crippen LogP contribution in [-0.2, 0) is 22.3 Å². The number of nitrogens with one attached hydrogen (secondary N) is 4. The molecule has 5 N–H and O–H groups in total. The Bertz CT molecular complexity index is 1240. The number of carbonyl (C=O) groups excluding carboxylic acids is 3. The van der Waals surface area contributed by atoms with E-state index in [1.165, 1.54) is 0 Å². The van der Waals surface area contributed by atoms with Gasteiger partial charge in [-0.25, -0.2) is 4.79 Å². The molecule has 2 aromatic carbocycles. The lowest BCUT2D eigenvalue weighted by molar-refractivity contribution is -0.137. The Morgan fingerprint density at radius 2 is 1.71 bits per heavy atom. The molecule has 232 valence electrons. The first kappa shape index (κ1) is 34.6. The van der Waals surface area contributed by atoms with E-state index in [4.69, 9.17) is 4.74 Å². The molecule has 0 fully saturated rings. The van der Waals surface area contributed by atoms with Crippen molar-refractivity contribution in [3.8, 4) is 0 Å². The van der Waals surface area contributed by atoms with Crippen LogP contribution in [0.1, 0.15) is 73.1 Å². The standard InChI is InChI=1S/C30H41F3N4O5/c1-7-8-25(38)24(16-34-15-20-10-9-18(2)13-19(20)3)36-26(39)17-35-27(40)22-14-21(30(31,32)33)11-12-23(22)37-28(41)42-29(4,5)6/h9-14,24-25,34,38H,7-8,15-17H2,1-6H3,(H,35,40)(H,36,39)(H,37,41)/t24-,25-/m0/s1. The van der Waals surface area contributed by atoms with E-state index >= 15 is 0 Å². The lowest BCUT2D eigenvalue weighted by atomic mass is 10.0. The van der Waals surface area contributed by atoms with Gasteiger partial charge in [0.2, 0.25) is 5.91 Å². The molecule has 2 rings (SSSR count). The Balaban J connectivity index is 2.10. The number of anilines is 1. The van der Waals surface area contributed by atoms with E-state index in [1.807, 2.05) is 32.9 Å². The van der Waals surface area contributed by atoms with E-state index < -0.39 is 59.5 Å². The second kappa shape index (κ2) is 15.0. The molecule has 0 spiro atoms. The molecule has 0 aliphatic rings. The summed E-state index contributed by atoms with van der Waals surface area (Å²) in [5.74, 6) is -1.66. The summed E-state index contributed by atoms with van der Waals surface area (Å²) < 4.78 is 45.2. The molecule has 0 heterocycles. The van der Waals surface area contributed by atoms with Crippen molar-refractivity contribution >= 4 is 23.6 Å². The van der Waals surface area contributed by atoms with E-state index in [1.54, 1.807) is 20.8 Å². The predicted molar refractivity (Wildman–Crippen MR) is 154 cm³/mol. The van der Waals surface area contributed by atoms with Crippen molar-refractivity contribution < 1.29 is 37.4 Å². The molecule has 0 radical (unpaired) electrons. The number of hydrogen-bond acceptors (Lipinski definition) is 6. The number of alkyl halides is 3. The average Bonchev–Trinajstić information content (AvgIpc) is 2.86. The third-order valence-electron chi connectivity index (χ3n) is 6.21. The fourth-order valence-corrected chi connectivity index (χ4v) is 4.13. The third kappa shape index (κ3) is 11.3. The van der Waals surface area contributed by atoms with E-state index in [0.29, 0.717) is 25.5 Å². The molecule has 3 amide bonds. The van der Waals surface area contributed by atoms with E-state index in [0.717, 1.165) is 28.8 Å². The van der Waals surface area contributed by atoms with Gasteiger partial charge in [0, 0.05) is 13.1 Å². The Morgan fingerprint density at radius 3 is 2.31 bits per heavy atom. The van der Waals surface area contributed by atoms with Gasteiger partial charge in [0.25, 0.3) is 5.91 Å². The maximum absolute atomic E-state index is 13.4. The van der Waals surface area contributed by atoms with Gasteiger partial charge >= 0.3 is 12.3 Å². The van der Waals surface area contributed by atoms with Gasteiger partial charge in [-0.05, 0) is 70.4 Å². The Hall–Kier alpha value is -3.64. The summed E-state index contributed by atoms with van der Waals surface area (Å²) in [6.07, 6.45) is -5.48. The number of ether oxygens (including phenoxy) is 1. The van der Waals surface area contributed by atoms with Crippen LogP contribution in [0.25, 0.3) is 0 Å². The maximum atomic E-state index is 13.4. The van der Waals surface area contributed by atoms with Crippen molar-refractivity contribution in [3.63, 3.8) is 0 Å². The number of halogens is 3. The van der Waals surface area contributed by atoms with Crippen molar-refractivity contribution in [2.75, 3.05) is 18.4 Å². The van der Waals surface area contributed by atoms with Crippen LogP contribution in [0.4, 0.5) is 23.7 Å². The highest BCUT2D eigenvalue weighted by Gasteiger charge is 2.32. The van der Waals surface area contributed by atoms with Crippen LogP contribution in [-0.4, -0.2) is 53.9 Å². The number of amides is 3. The lowest BCUT2D eigenvalue weighted by Gasteiger charge is -2.25. The van der Waals surface area contributed by atoms with Crippen LogP contribution < -0.4 is 21.3 Å². The van der Waals surface area contributed by atoms with Gasteiger partial charge in [-0.1, -0.05) is 37.1 Å².